The van der Waals surface area contributed by atoms with Crippen molar-refractivity contribution in [3.63, 3.8) is 0 Å². The highest BCUT2D eigenvalue weighted by Gasteiger charge is 2.28. The van der Waals surface area contributed by atoms with Crippen LogP contribution >= 0.6 is 12.4 Å². The van der Waals surface area contributed by atoms with Gasteiger partial charge in [-0.1, -0.05) is 30.3 Å². The van der Waals surface area contributed by atoms with E-state index in [1.165, 1.54) is 12.0 Å². The zero-order chi connectivity index (χ0) is 19.2. The molecule has 1 aliphatic heterocycles. The number of piperazine rings is 1. The molecule has 2 aromatic rings. The van der Waals surface area contributed by atoms with Gasteiger partial charge in [-0.3, -0.25) is 19.5 Å². The van der Waals surface area contributed by atoms with E-state index in [9.17, 15) is 14.4 Å². The number of amides is 2. The minimum absolute atomic E-state index is 0. The maximum atomic E-state index is 12.3. The first kappa shape index (κ1) is 21.4. The predicted octanol–water partition coefficient (Wildman–Crippen LogP) is 0.202. The van der Waals surface area contributed by atoms with Gasteiger partial charge in [-0.2, -0.15) is 5.10 Å². The number of nitrogens with zero attached hydrogens (tertiary/aromatic N) is 2. The van der Waals surface area contributed by atoms with Crippen molar-refractivity contribution in [2.45, 2.75) is 6.04 Å². The van der Waals surface area contributed by atoms with E-state index < -0.39 is 17.9 Å². The average Bonchev–Trinajstić information content (AvgIpc) is 3.22. The van der Waals surface area contributed by atoms with Gasteiger partial charge in [0, 0.05) is 25.2 Å². The largest absolute Gasteiger partial charge is 0.468 e. The molecule has 2 amide bonds. The summed E-state index contributed by atoms with van der Waals surface area (Å²) in [6.07, 6.45) is 0. The lowest BCUT2D eigenvalue weighted by atomic mass is 10.1. The van der Waals surface area contributed by atoms with Crippen LogP contribution in [0.3, 0.4) is 0 Å². The van der Waals surface area contributed by atoms with Gasteiger partial charge < -0.3 is 20.3 Å². The van der Waals surface area contributed by atoms with E-state index in [-0.39, 0.29) is 37.1 Å². The normalized spacial score (nSPS) is 16.0. The van der Waals surface area contributed by atoms with E-state index in [1.54, 1.807) is 6.07 Å². The summed E-state index contributed by atoms with van der Waals surface area (Å²) in [5, 5.41) is 12.4. The molecule has 0 saturated carbocycles. The van der Waals surface area contributed by atoms with Gasteiger partial charge in [-0.05, 0) is 6.07 Å². The minimum Gasteiger partial charge on any atom is -0.468 e. The number of halogens is 1. The van der Waals surface area contributed by atoms with Gasteiger partial charge in [0.2, 0.25) is 5.91 Å². The number of nitrogens with one attached hydrogen (secondary N) is 3. The number of H-pyrrole nitrogens is 1. The first-order valence-electron chi connectivity index (χ1n) is 8.56. The molecule has 1 unspecified atom stereocenters. The van der Waals surface area contributed by atoms with Crippen molar-refractivity contribution in [1.82, 2.24) is 25.7 Å². The van der Waals surface area contributed by atoms with E-state index in [0.29, 0.717) is 18.8 Å². The number of methoxy groups -OCH3 is 1. The number of esters is 1. The minimum atomic E-state index is -0.551. The molecule has 1 aromatic heterocycles. The summed E-state index contributed by atoms with van der Waals surface area (Å²) in [7, 11) is 1.30. The fourth-order valence-electron chi connectivity index (χ4n) is 2.83. The number of aromatic amines is 1. The van der Waals surface area contributed by atoms with Crippen LogP contribution in [-0.4, -0.2) is 72.2 Å². The Bertz CT molecular complexity index is 826. The van der Waals surface area contributed by atoms with Crippen LogP contribution < -0.4 is 10.6 Å². The zero-order valence-corrected chi connectivity index (χ0v) is 16.1. The van der Waals surface area contributed by atoms with Gasteiger partial charge >= 0.3 is 5.97 Å². The number of hydrogen-bond donors (Lipinski definition) is 3. The van der Waals surface area contributed by atoms with Gasteiger partial charge in [0.15, 0.2) is 0 Å². The summed E-state index contributed by atoms with van der Waals surface area (Å²) in [5.74, 6) is -1.10. The summed E-state index contributed by atoms with van der Waals surface area (Å²) in [6, 6.07) is 10.5. The summed E-state index contributed by atoms with van der Waals surface area (Å²) in [6.45, 7) is 1.00. The number of carbonyl (C=O) groups is 3. The summed E-state index contributed by atoms with van der Waals surface area (Å²) < 4.78 is 4.69. The number of aromatic nitrogens is 2. The number of rotatable bonds is 5. The maximum absolute atomic E-state index is 12.3. The average molecular weight is 408 g/mol. The molecule has 2 heterocycles. The fraction of sp³-hybridized carbons (Fsp3) is 0.333. The predicted molar refractivity (Wildman–Crippen MR) is 104 cm³/mol. The molecule has 1 saturated heterocycles. The summed E-state index contributed by atoms with van der Waals surface area (Å²) >= 11 is 0. The molecule has 28 heavy (non-hydrogen) atoms. The lowest BCUT2D eigenvalue weighted by Gasteiger charge is -2.32. The number of ether oxygens (including phenoxy) is 1. The van der Waals surface area contributed by atoms with E-state index >= 15 is 0 Å². The molecule has 3 rings (SSSR count). The molecule has 0 spiro atoms. The van der Waals surface area contributed by atoms with Crippen molar-refractivity contribution in [2.75, 3.05) is 33.3 Å². The van der Waals surface area contributed by atoms with Crippen molar-refractivity contribution in [3.05, 3.63) is 42.1 Å². The molecule has 0 radical (unpaired) electrons. The Kier molecular flexibility index (Phi) is 7.53. The fourth-order valence-corrected chi connectivity index (χ4v) is 2.83. The quantitative estimate of drug-likeness (QED) is 0.610. The van der Waals surface area contributed by atoms with Crippen LogP contribution in [0.5, 0.6) is 0 Å². The molecular formula is C18H22ClN5O4. The third-order valence-corrected chi connectivity index (χ3v) is 4.31. The van der Waals surface area contributed by atoms with Crippen LogP contribution in [0.1, 0.15) is 10.5 Å². The van der Waals surface area contributed by atoms with Crippen molar-refractivity contribution < 1.29 is 19.1 Å². The molecule has 3 N–H and O–H groups in total. The zero-order valence-electron chi connectivity index (χ0n) is 15.3. The molecule has 1 atom stereocenters. The Morgan fingerprint density at radius 3 is 2.75 bits per heavy atom. The number of benzene rings is 1. The van der Waals surface area contributed by atoms with Gasteiger partial charge in [-0.15, -0.1) is 12.4 Å². The highest BCUT2D eigenvalue weighted by Crippen LogP contribution is 2.16. The van der Waals surface area contributed by atoms with E-state index in [1.807, 2.05) is 30.3 Å². The lowest BCUT2D eigenvalue weighted by molar-refractivity contribution is -0.145. The van der Waals surface area contributed by atoms with Crippen LogP contribution in [-0.2, 0) is 14.3 Å². The van der Waals surface area contributed by atoms with Crippen molar-refractivity contribution in [2.24, 2.45) is 0 Å². The van der Waals surface area contributed by atoms with E-state index in [4.69, 9.17) is 4.74 Å². The SMILES string of the molecule is COC(=O)C1CN(C(=O)CNC(=O)c2cc(-c3ccccc3)n[nH]2)CCN1.Cl. The molecule has 150 valence electrons. The highest BCUT2D eigenvalue weighted by atomic mass is 35.5. The second kappa shape index (κ2) is 9.86. The highest BCUT2D eigenvalue weighted by molar-refractivity contribution is 5.95. The summed E-state index contributed by atoms with van der Waals surface area (Å²) in [5.41, 5.74) is 1.81. The van der Waals surface area contributed by atoms with Crippen LogP contribution in [0, 0.1) is 0 Å². The Hall–Kier alpha value is -2.91. The number of hydrogen-bond acceptors (Lipinski definition) is 6. The molecule has 0 aliphatic carbocycles. The van der Waals surface area contributed by atoms with Gasteiger partial charge in [-0.25, -0.2) is 0 Å². The monoisotopic (exact) mass is 407 g/mol. The molecule has 10 heteroatoms. The Morgan fingerprint density at radius 2 is 2.04 bits per heavy atom. The molecule has 1 fully saturated rings. The second-order valence-electron chi connectivity index (χ2n) is 6.09. The van der Waals surface area contributed by atoms with E-state index in [2.05, 4.69) is 20.8 Å². The Morgan fingerprint density at radius 1 is 1.29 bits per heavy atom. The third-order valence-electron chi connectivity index (χ3n) is 4.31. The third kappa shape index (κ3) is 5.08. The lowest BCUT2D eigenvalue weighted by Crippen LogP contribution is -2.57. The number of carbonyl (C=O) groups excluding carboxylic acids is 3. The van der Waals surface area contributed by atoms with Crippen LogP contribution in [0.15, 0.2) is 36.4 Å². The Balaban J connectivity index is 0.00000280. The first-order valence-corrected chi connectivity index (χ1v) is 8.56. The van der Waals surface area contributed by atoms with Gasteiger partial charge in [0.05, 0.1) is 19.3 Å². The first-order chi connectivity index (χ1) is 13.1. The molecule has 0 bridgehead atoms. The molecule has 1 aliphatic rings. The smallest absolute Gasteiger partial charge is 0.324 e. The van der Waals surface area contributed by atoms with Crippen molar-refractivity contribution >= 4 is 30.2 Å². The van der Waals surface area contributed by atoms with E-state index in [0.717, 1.165) is 5.56 Å². The standard InChI is InChI=1S/C18H21N5O4.ClH/c1-27-18(26)15-11-23(8-7-19-15)16(24)10-20-17(25)14-9-13(21-22-14)12-5-3-2-4-6-12;/h2-6,9,15,19H,7-8,10-11H2,1H3,(H,20,25)(H,21,22);1H. The van der Waals surface area contributed by atoms with Crippen molar-refractivity contribution in [3.8, 4) is 11.3 Å². The van der Waals surface area contributed by atoms with Crippen LogP contribution in [0.2, 0.25) is 0 Å². The Labute approximate surface area is 168 Å². The molecule has 9 nitrogen and oxygen atoms in total. The van der Waals surface area contributed by atoms with Crippen LogP contribution in [0.4, 0.5) is 0 Å². The molecule has 1 aromatic carbocycles. The van der Waals surface area contributed by atoms with Crippen molar-refractivity contribution in [1.29, 1.82) is 0 Å². The van der Waals surface area contributed by atoms with Gasteiger partial charge in [0.25, 0.3) is 5.91 Å². The maximum Gasteiger partial charge on any atom is 0.324 e. The summed E-state index contributed by atoms with van der Waals surface area (Å²) in [4.78, 5) is 37.7. The molecular weight excluding hydrogens is 386 g/mol. The second-order valence-corrected chi connectivity index (χ2v) is 6.09. The topological polar surface area (TPSA) is 116 Å². The van der Waals surface area contributed by atoms with Gasteiger partial charge in [0.1, 0.15) is 11.7 Å². The van der Waals surface area contributed by atoms with Crippen LogP contribution in [0.25, 0.3) is 11.3 Å².